The van der Waals surface area contributed by atoms with Crippen molar-refractivity contribution in [1.29, 1.82) is 0 Å². The number of halogens is 1. The molecular weight excluding hydrogens is 527 g/mol. The minimum Gasteiger partial charge on any atom is -0.345 e. The summed E-state index contributed by atoms with van der Waals surface area (Å²) in [6, 6.07) is 11.9. The predicted molar refractivity (Wildman–Crippen MR) is 128 cm³/mol. The Morgan fingerprint density at radius 1 is 1.16 bits per heavy atom. The minimum atomic E-state index is -3.33. The third-order valence-corrected chi connectivity index (χ3v) is 8.75. The largest absolute Gasteiger partial charge is 0.345 e. The number of H-pyrrole nitrogens is 1. The highest BCUT2D eigenvalue weighted by molar-refractivity contribution is 14.1. The van der Waals surface area contributed by atoms with Gasteiger partial charge in [0.1, 0.15) is 5.82 Å². The molecule has 1 aliphatic rings. The van der Waals surface area contributed by atoms with Gasteiger partial charge in [0.25, 0.3) is 0 Å². The van der Waals surface area contributed by atoms with Gasteiger partial charge in [0.05, 0.1) is 17.5 Å². The highest BCUT2D eigenvalue weighted by Gasteiger charge is 2.38. The van der Waals surface area contributed by atoms with E-state index in [4.69, 9.17) is 0 Å². The maximum absolute atomic E-state index is 12.7. The molecule has 3 heterocycles. The maximum Gasteiger partial charge on any atom is 0.211 e. The molecule has 0 spiro atoms. The van der Waals surface area contributed by atoms with Crippen LogP contribution in [0.4, 0.5) is 0 Å². The molecule has 1 aromatic carbocycles. The van der Waals surface area contributed by atoms with Crippen molar-refractivity contribution in [3.8, 4) is 0 Å². The predicted octanol–water partition coefficient (Wildman–Crippen LogP) is 3.21. The van der Waals surface area contributed by atoms with Gasteiger partial charge in [0, 0.05) is 22.1 Å². The fraction of sp³-hybridized carbons (Fsp3) is 0.381. The molecule has 1 fully saturated rings. The molecule has 1 saturated carbocycles. The van der Waals surface area contributed by atoms with E-state index in [2.05, 4.69) is 47.5 Å². The average molecular weight is 550 g/mol. The lowest BCUT2D eigenvalue weighted by molar-refractivity contribution is 0.544. The van der Waals surface area contributed by atoms with Crippen molar-refractivity contribution in [1.82, 2.24) is 29.3 Å². The van der Waals surface area contributed by atoms with Crippen LogP contribution in [-0.2, 0) is 16.4 Å². The second-order valence-corrected chi connectivity index (χ2v) is 11.5. The van der Waals surface area contributed by atoms with E-state index >= 15 is 0 Å². The maximum atomic E-state index is 12.7. The number of aryl methyl sites for hydroxylation is 1. The summed E-state index contributed by atoms with van der Waals surface area (Å²) in [6.45, 7) is 0. The summed E-state index contributed by atoms with van der Waals surface area (Å²) in [4.78, 5) is 7.49. The number of alkyl halides is 1. The number of hydrogen-bond donors (Lipinski definition) is 2. The Bertz CT molecular complexity index is 1300. The zero-order valence-corrected chi connectivity index (χ0v) is 19.8. The van der Waals surface area contributed by atoms with Crippen molar-refractivity contribution < 1.29 is 8.42 Å². The summed E-state index contributed by atoms with van der Waals surface area (Å²) in [5.74, 6) is 1.12. The molecule has 3 atom stereocenters. The average Bonchev–Trinajstić information content (AvgIpc) is 3.45. The number of nitrogens with zero attached hydrogens (tertiary/aromatic N) is 4. The van der Waals surface area contributed by atoms with Gasteiger partial charge >= 0.3 is 0 Å². The minimum absolute atomic E-state index is 0.0930. The van der Waals surface area contributed by atoms with Gasteiger partial charge in [-0.2, -0.15) is 0 Å². The molecule has 31 heavy (non-hydrogen) atoms. The molecule has 4 aromatic rings. The zero-order chi connectivity index (χ0) is 21.4. The molecule has 1 aliphatic carbocycles. The van der Waals surface area contributed by atoms with Crippen LogP contribution in [0.5, 0.6) is 0 Å². The first-order chi connectivity index (χ1) is 15.0. The lowest BCUT2D eigenvalue weighted by atomic mass is 10.1. The number of benzene rings is 1. The van der Waals surface area contributed by atoms with E-state index in [1.165, 1.54) is 0 Å². The van der Waals surface area contributed by atoms with Gasteiger partial charge in [0.15, 0.2) is 11.3 Å². The van der Waals surface area contributed by atoms with Crippen molar-refractivity contribution in [2.24, 2.45) is 0 Å². The van der Waals surface area contributed by atoms with Crippen LogP contribution in [0.3, 0.4) is 0 Å². The summed E-state index contributed by atoms with van der Waals surface area (Å²) >= 11 is 2.41. The Kier molecular flexibility index (Phi) is 5.69. The van der Waals surface area contributed by atoms with Gasteiger partial charge in [-0.15, -0.1) is 10.2 Å². The topological polar surface area (TPSA) is 105 Å². The van der Waals surface area contributed by atoms with Crippen molar-refractivity contribution in [2.45, 2.75) is 41.6 Å². The van der Waals surface area contributed by atoms with E-state index in [1.807, 2.05) is 47.0 Å². The summed E-state index contributed by atoms with van der Waals surface area (Å²) in [7, 11) is -3.33. The number of fused-ring (bicyclic) bond motifs is 3. The van der Waals surface area contributed by atoms with Crippen molar-refractivity contribution >= 4 is 49.4 Å². The molecule has 3 aromatic heterocycles. The molecule has 162 valence electrons. The lowest BCUT2D eigenvalue weighted by Gasteiger charge is -2.13. The van der Waals surface area contributed by atoms with Gasteiger partial charge in [0.2, 0.25) is 10.0 Å². The molecule has 10 heteroatoms. The second kappa shape index (κ2) is 8.47. The van der Waals surface area contributed by atoms with Gasteiger partial charge in [-0.25, -0.2) is 18.1 Å². The van der Waals surface area contributed by atoms with Crippen LogP contribution in [0.1, 0.15) is 36.6 Å². The Morgan fingerprint density at radius 3 is 2.84 bits per heavy atom. The molecule has 0 aliphatic heterocycles. The Hall–Kier alpha value is -2.05. The third-order valence-electron chi connectivity index (χ3n) is 5.85. The van der Waals surface area contributed by atoms with Crippen LogP contribution in [0, 0.1) is 0 Å². The first-order valence-electron chi connectivity index (χ1n) is 10.4. The molecule has 0 bridgehead atoms. The summed E-state index contributed by atoms with van der Waals surface area (Å²) in [5.41, 5.74) is 3.59. The van der Waals surface area contributed by atoms with Crippen LogP contribution in [-0.4, -0.2) is 48.7 Å². The quantitative estimate of drug-likeness (QED) is 0.272. The monoisotopic (exact) mass is 550 g/mol. The SMILES string of the molecule is O=S(=O)(CCCc1ccccc1)N[C@H]1C[C@@H](I)[C@@H](c2nnc3cnc4[nH]ccc4n23)C1. The number of nitrogens with one attached hydrogen (secondary N) is 2. The van der Waals surface area contributed by atoms with E-state index in [0.717, 1.165) is 35.4 Å². The number of aromatic nitrogens is 5. The first-order valence-corrected chi connectivity index (χ1v) is 13.2. The molecule has 0 radical (unpaired) electrons. The zero-order valence-electron chi connectivity index (χ0n) is 16.8. The standard InChI is InChI=1S/C21H23IN6O2S/c22-17-12-15(27-31(29,30)10-4-7-14-5-2-1-3-6-14)11-16(17)21-26-25-19-13-24-20-18(28(19)21)8-9-23-20/h1-3,5-6,8-9,13,15-17,23,27H,4,7,10-12H2/t15-,16+,17-/m1/s1. The third kappa shape index (κ3) is 4.33. The fourth-order valence-corrected chi connectivity index (χ4v) is 6.98. The number of rotatable bonds is 7. The van der Waals surface area contributed by atoms with E-state index in [9.17, 15) is 8.42 Å². The highest BCUT2D eigenvalue weighted by Crippen LogP contribution is 2.39. The summed E-state index contributed by atoms with van der Waals surface area (Å²) in [6.07, 6.45) is 6.41. The number of hydrogen-bond acceptors (Lipinski definition) is 5. The number of aromatic amines is 1. The van der Waals surface area contributed by atoms with Gasteiger partial charge < -0.3 is 4.98 Å². The smallest absolute Gasteiger partial charge is 0.211 e. The molecule has 0 saturated heterocycles. The normalized spacial score (nSPS) is 21.9. The van der Waals surface area contributed by atoms with Crippen LogP contribution >= 0.6 is 22.6 Å². The van der Waals surface area contributed by atoms with E-state index in [1.54, 1.807) is 6.20 Å². The van der Waals surface area contributed by atoms with Crippen LogP contribution in [0.2, 0.25) is 0 Å². The van der Waals surface area contributed by atoms with Gasteiger partial charge in [-0.1, -0.05) is 52.9 Å². The van der Waals surface area contributed by atoms with Gasteiger partial charge in [-0.3, -0.25) is 4.40 Å². The molecule has 5 rings (SSSR count). The van der Waals surface area contributed by atoms with Crippen LogP contribution in [0.25, 0.3) is 16.8 Å². The highest BCUT2D eigenvalue weighted by atomic mass is 127. The summed E-state index contributed by atoms with van der Waals surface area (Å²) in [5, 5.41) is 8.74. The van der Waals surface area contributed by atoms with Crippen molar-refractivity contribution in [3.05, 3.63) is 60.2 Å². The van der Waals surface area contributed by atoms with Crippen LogP contribution < -0.4 is 4.72 Å². The summed E-state index contributed by atoms with van der Waals surface area (Å²) < 4.78 is 30.6. The Labute approximate surface area is 194 Å². The molecular formula is C21H23IN6O2S. The van der Waals surface area contributed by atoms with Crippen molar-refractivity contribution in [3.63, 3.8) is 0 Å². The molecule has 2 N–H and O–H groups in total. The molecule has 8 nitrogen and oxygen atoms in total. The fourth-order valence-electron chi connectivity index (χ4n) is 4.41. The van der Waals surface area contributed by atoms with Crippen LogP contribution in [0.15, 0.2) is 48.8 Å². The first kappa shape index (κ1) is 20.8. The number of sulfonamides is 1. The van der Waals surface area contributed by atoms with Crippen molar-refractivity contribution in [2.75, 3.05) is 5.75 Å². The van der Waals surface area contributed by atoms with E-state index in [-0.39, 0.29) is 21.6 Å². The Morgan fingerprint density at radius 2 is 2.00 bits per heavy atom. The Balaban J connectivity index is 1.27. The second-order valence-electron chi connectivity index (χ2n) is 8.04. The van der Waals surface area contributed by atoms with E-state index < -0.39 is 10.0 Å². The lowest BCUT2D eigenvalue weighted by Crippen LogP contribution is -2.35. The molecule has 0 unspecified atom stereocenters. The van der Waals surface area contributed by atoms with E-state index in [0.29, 0.717) is 18.5 Å². The van der Waals surface area contributed by atoms with Gasteiger partial charge in [-0.05, 0) is 37.3 Å². The molecule has 0 amide bonds.